The minimum absolute atomic E-state index is 0.242. The van der Waals surface area contributed by atoms with Gasteiger partial charge in [0.2, 0.25) is 10.0 Å². The molecule has 2 fully saturated rings. The average Bonchev–Trinajstić information content (AvgIpc) is 3.08. The molecule has 0 aromatic carbocycles. The minimum Gasteiger partial charge on any atom is -0.302 e. The second-order valence-corrected chi connectivity index (χ2v) is 10.6. The Kier molecular flexibility index (Phi) is 6.07. The van der Waals surface area contributed by atoms with Crippen molar-refractivity contribution in [3.63, 3.8) is 0 Å². The third-order valence-electron chi connectivity index (χ3n) is 4.60. The lowest BCUT2D eigenvalue weighted by Crippen LogP contribution is -2.50. The topological polar surface area (TPSA) is 81.2 Å². The molecule has 0 aromatic rings. The van der Waals surface area contributed by atoms with Crippen molar-refractivity contribution < 1.29 is 16.8 Å². The molecule has 2 saturated heterocycles. The highest BCUT2D eigenvalue weighted by Gasteiger charge is 2.38. The van der Waals surface area contributed by atoms with Crippen LogP contribution in [0.3, 0.4) is 0 Å². The number of hydrogen-bond acceptors (Lipinski definition) is 5. The molecule has 2 heterocycles. The molecule has 0 saturated carbocycles. The molecule has 0 amide bonds. The molecule has 8 nitrogen and oxygen atoms in total. The fraction of sp³-hybridized carbons (Fsp3) is 1.00. The van der Waals surface area contributed by atoms with E-state index in [1.807, 2.05) is 0 Å². The Bertz CT molecular complexity index is 599. The maximum absolute atomic E-state index is 12.6. The van der Waals surface area contributed by atoms with Crippen molar-refractivity contribution in [3.8, 4) is 0 Å². The molecule has 0 radical (unpaired) electrons. The van der Waals surface area contributed by atoms with Crippen molar-refractivity contribution in [3.05, 3.63) is 0 Å². The molecule has 2 aliphatic heterocycles. The van der Waals surface area contributed by atoms with Gasteiger partial charge in [-0.1, -0.05) is 0 Å². The number of sulfonamides is 1. The van der Waals surface area contributed by atoms with Crippen molar-refractivity contribution in [2.75, 3.05) is 59.6 Å². The summed E-state index contributed by atoms with van der Waals surface area (Å²) in [6.07, 6.45) is 4.03. The first-order valence-electron chi connectivity index (χ1n) is 7.99. The van der Waals surface area contributed by atoms with Crippen molar-refractivity contribution in [1.82, 2.24) is 17.8 Å². The Balaban J connectivity index is 2.10. The van der Waals surface area contributed by atoms with Gasteiger partial charge in [-0.2, -0.15) is 17.0 Å². The molecule has 0 spiro atoms. The number of hydrogen-bond donors (Lipinski definition) is 0. The van der Waals surface area contributed by atoms with Gasteiger partial charge in [0, 0.05) is 46.3 Å². The largest absolute Gasteiger partial charge is 0.302 e. The lowest BCUT2D eigenvalue weighted by molar-refractivity contribution is 0.252. The second kappa shape index (κ2) is 7.32. The van der Waals surface area contributed by atoms with Crippen molar-refractivity contribution in [2.24, 2.45) is 0 Å². The summed E-state index contributed by atoms with van der Waals surface area (Å²) in [5, 5.41) is 0. The van der Waals surface area contributed by atoms with E-state index in [1.165, 1.54) is 33.3 Å². The monoisotopic (exact) mass is 368 g/mol. The van der Waals surface area contributed by atoms with Crippen molar-refractivity contribution >= 4 is 20.2 Å². The van der Waals surface area contributed by atoms with Gasteiger partial charge in [-0.15, -0.1) is 0 Å². The van der Waals surface area contributed by atoms with E-state index in [4.69, 9.17) is 0 Å². The van der Waals surface area contributed by atoms with Crippen molar-refractivity contribution in [2.45, 2.75) is 25.3 Å². The summed E-state index contributed by atoms with van der Waals surface area (Å²) in [6.45, 7) is 3.75. The zero-order valence-electron chi connectivity index (χ0n) is 14.2. The van der Waals surface area contributed by atoms with Crippen LogP contribution in [0.15, 0.2) is 0 Å². The molecule has 0 bridgehead atoms. The maximum Gasteiger partial charge on any atom is 0.281 e. The molecule has 0 aliphatic carbocycles. The van der Waals surface area contributed by atoms with Gasteiger partial charge in [0.05, 0.1) is 6.26 Å². The predicted molar refractivity (Wildman–Crippen MR) is 89.8 cm³/mol. The van der Waals surface area contributed by atoms with E-state index in [2.05, 4.69) is 4.90 Å². The summed E-state index contributed by atoms with van der Waals surface area (Å²) in [7, 11) is -3.81. The SMILES string of the molecule is CN(C)S(=O)(=O)N(CCN1CCCC1)C1CCN(S(C)(=O)=O)C1. The number of nitrogens with zero attached hydrogens (tertiary/aromatic N) is 4. The van der Waals surface area contributed by atoms with Gasteiger partial charge in [-0.3, -0.25) is 0 Å². The third-order valence-corrected chi connectivity index (χ3v) is 7.86. The highest BCUT2D eigenvalue weighted by Crippen LogP contribution is 2.22. The summed E-state index contributed by atoms with van der Waals surface area (Å²) in [5.41, 5.74) is 0. The van der Waals surface area contributed by atoms with E-state index in [-0.39, 0.29) is 12.6 Å². The van der Waals surface area contributed by atoms with Crippen LogP contribution in [-0.2, 0) is 20.2 Å². The molecular formula is C13H28N4O4S2. The zero-order chi connectivity index (χ0) is 17.3. The second-order valence-electron chi connectivity index (χ2n) is 6.51. The fourth-order valence-electron chi connectivity index (χ4n) is 3.19. The van der Waals surface area contributed by atoms with Crippen LogP contribution >= 0.6 is 0 Å². The molecule has 2 aliphatic rings. The first-order valence-corrected chi connectivity index (χ1v) is 11.2. The zero-order valence-corrected chi connectivity index (χ0v) is 15.8. The summed E-state index contributed by atoms with van der Waals surface area (Å²) in [6, 6.07) is -0.292. The van der Waals surface area contributed by atoms with E-state index >= 15 is 0 Å². The van der Waals surface area contributed by atoms with Gasteiger partial charge in [0.1, 0.15) is 0 Å². The van der Waals surface area contributed by atoms with Crippen LogP contribution in [0.5, 0.6) is 0 Å². The quantitative estimate of drug-likeness (QED) is 0.589. The molecule has 10 heteroatoms. The number of rotatable bonds is 7. The minimum atomic E-state index is -3.56. The molecule has 2 rings (SSSR count). The molecule has 1 atom stereocenters. The van der Waals surface area contributed by atoms with Gasteiger partial charge in [-0.05, 0) is 32.4 Å². The molecule has 1 unspecified atom stereocenters. The standard InChI is InChI=1S/C13H28N4O4S2/c1-14(2)23(20,21)17(11-10-15-7-4-5-8-15)13-6-9-16(12-13)22(3,18)19/h13H,4-12H2,1-3H3. The molecule has 23 heavy (non-hydrogen) atoms. The average molecular weight is 369 g/mol. The predicted octanol–water partition coefficient (Wildman–Crippen LogP) is -0.775. The van der Waals surface area contributed by atoms with Gasteiger partial charge < -0.3 is 4.90 Å². The van der Waals surface area contributed by atoms with Crippen LogP contribution in [0.1, 0.15) is 19.3 Å². The summed E-state index contributed by atoms with van der Waals surface area (Å²) >= 11 is 0. The molecule has 0 aromatic heterocycles. The highest BCUT2D eigenvalue weighted by molar-refractivity contribution is 7.88. The van der Waals surface area contributed by atoms with Gasteiger partial charge in [0.25, 0.3) is 10.2 Å². The third kappa shape index (κ3) is 4.64. The first kappa shape index (κ1) is 19.1. The maximum atomic E-state index is 12.6. The Morgan fingerprint density at radius 2 is 1.65 bits per heavy atom. The summed E-state index contributed by atoms with van der Waals surface area (Å²) in [4.78, 5) is 2.27. The van der Waals surface area contributed by atoms with E-state index in [9.17, 15) is 16.8 Å². The van der Waals surface area contributed by atoms with Gasteiger partial charge >= 0.3 is 0 Å². The Labute approximate surface area is 140 Å². The van der Waals surface area contributed by atoms with Gasteiger partial charge in [0.15, 0.2) is 0 Å². The van der Waals surface area contributed by atoms with Crippen LogP contribution in [0.2, 0.25) is 0 Å². The van der Waals surface area contributed by atoms with E-state index in [1.54, 1.807) is 0 Å². The van der Waals surface area contributed by atoms with E-state index in [0.29, 0.717) is 26.1 Å². The van der Waals surface area contributed by atoms with Crippen LogP contribution in [0.25, 0.3) is 0 Å². The van der Waals surface area contributed by atoms with Crippen LogP contribution < -0.4 is 0 Å². The Morgan fingerprint density at radius 3 is 2.13 bits per heavy atom. The molecule has 0 N–H and O–H groups in total. The lowest BCUT2D eigenvalue weighted by Gasteiger charge is -2.31. The Hall–Kier alpha value is -0.260. The van der Waals surface area contributed by atoms with E-state index < -0.39 is 20.2 Å². The Morgan fingerprint density at radius 1 is 1.04 bits per heavy atom. The van der Waals surface area contributed by atoms with Crippen LogP contribution in [0.4, 0.5) is 0 Å². The van der Waals surface area contributed by atoms with Gasteiger partial charge in [-0.25, -0.2) is 12.7 Å². The van der Waals surface area contributed by atoms with Crippen LogP contribution in [-0.4, -0.2) is 100 Å². The lowest BCUT2D eigenvalue weighted by atomic mass is 10.2. The summed E-state index contributed by atoms with van der Waals surface area (Å²) in [5.74, 6) is 0. The van der Waals surface area contributed by atoms with E-state index in [0.717, 1.165) is 25.9 Å². The molecular weight excluding hydrogens is 340 g/mol. The summed E-state index contributed by atoms with van der Waals surface area (Å²) < 4.78 is 52.7. The fourth-order valence-corrected chi connectivity index (χ4v) is 5.35. The molecule has 136 valence electrons. The van der Waals surface area contributed by atoms with Crippen molar-refractivity contribution in [1.29, 1.82) is 0 Å². The smallest absolute Gasteiger partial charge is 0.281 e. The van der Waals surface area contributed by atoms with Crippen LogP contribution in [0, 0.1) is 0 Å². The normalized spacial score (nSPS) is 25.0. The highest BCUT2D eigenvalue weighted by atomic mass is 32.2. The first-order chi connectivity index (χ1) is 10.6. The number of likely N-dealkylation sites (tertiary alicyclic amines) is 1.